The summed E-state index contributed by atoms with van der Waals surface area (Å²) in [5, 5.41) is 12.5. The van der Waals surface area contributed by atoms with Crippen LogP contribution in [0.3, 0.4) is 0 Å². The van der Waals surface area contributed by atoms with Gasteiger partial charge in [-0.3, -0.25) is 4.79 Å². The Morgan fingerprint density at radius 2 is 2.15 bits per heavy atom. The molecule has 1 aliphatic carbocycles. The molecule has 1 unspecified atom stereocenters. The van der Waals surface area contributed by atoms with Crippen molar-refractivity contribution in [3.63, 3.8) is 0 Å². The number of aromatic carboxylic acids is 1. The molecule has 4 rings (SSSR count). The van der Waals surface area contributed by atoms with Crippen LogP contribution in [0.25, 0.3) is 10.9 Å². The number of aromatic nitrogens is 1. The van der Waals surface area contributed by atoms with Crippen molar-refractivity contribution in [2.24, 2.45) is 0 Å². The topological polar surface area (TPSA) is 101 Å². The predicted molar refractivity (Wildman–Crippen MR) is 102 cm³/mol. The minimum Gasteiger partial charge on any atom is -0.477 e. The SMILES string of the molecule is C=C1CN(c2cc3c(c(N)c2F)c(=O)c(C(=O)O)cn3C2CC2)CC(C)N1. The zero-order valence-electron chi connectivity index (χ0n) is 15.0. The largest absolute Gasteiger partial charge is 0.477 e. The van der Waals surface area contributed by atoms with E-state index in [9.17, 15) is 14.7 Å². The number of carboxylic acids is 1. The van der Waals surface area contributed by atoms with Gasteiger partial charge >= 0.3 is 5.97 Å². The molecule has 0 spiro atoms. The number of pyridine rings is 1. The maximum atomic E-state index is 15.1. The molecular formula is C19H21FN4O3. The normalized spacial score (nSPS) is 20.0. The molecule has 2 aromatic rings. The van der Waals surface area contributed by atoms with Crippen molar-refractivity contribution in [3.05, 3.63) is 46.1 Å². The molecule has 8 heteroatoms. The number of carboxylic acid groups (broad SMARTS) is 1. The van der Waals surface area contributed by atoms with Gasteiger partial charge in [0.15, 0.2) is 5.82 Å². The molecule has 4 N–H and O–H groups in total. The molecular weight excluding hydrogens is 351 g/mol. The fraction of sp³-hybridized carbons (Fsp3) is 0.368. The van der Waals surface area contributed by atoms with Crippen LogP contribution in [0.2, 0.25) is 0 Å². The second-order valence-corrected chi connectivity index (χ2v) is 7.36. The molecule has 142 valence electrons. The van der Waals surface area contributed by atoms with E-state index in [0.29, 0.717) is 24.3 Å². The maximum absolute atomic E-state index is 15.1. The smallest absolute Gasteiger partial charge is 0.341 e. The number of anilines is 2. The van der Waals surface area contributed by atoms with E-state index < -0.39 is 22.8 Å². The molecule has 1 saturated heterocycles. The van der Waals surface area contributed by atoms with E-state index in [0.717, 1.165) is 18.5 Å². The Morgan fingerprint density at radius 1 is 1.44 bits per heavy atom. The van der Waals surface area contributed by atoms with Crippen LogP contribution in [0.4, 0.5) is 15.8 Å². The summed E-state index contributed by atoms with van der Waals surface area (Å²) in [6, 6.07) is 1.79. The molecule has 1 aliphatic heterocycles. The van der Waals surface area contributed by atoms with Crippen molar-refractivity contribution in [3.8, 4) is 0 Å². The van der Waals surface area contributed by atoms with Crippen molar-refractivity contribution < 1.29 is 14.3 Å². The molecule has 0 radical (unpaired) electrons. The molecule has 1 aromatic carbocycles. The van der Waals surface area contributed by atoms with Crippen LogP contribution in [0.1, 0.15) is 36.2 Å². The Labute approximate surface area is 154 Å². The zero-order chi connectivity index (χ0) is 19.5. The zero-order valence-corrected chi connectivity index (χ0v) is 15.0. The van der Waals surface area contributed by atoms with Crippen LogP contribution in [-0.4, -0.2) is 34.8 Å². The minimum absolute atomic E-state index is 0.0648. The van der Waals surface area contributed by atoms with Crippen molar-refractivity contribution in [2.45, 2.75) is 31.8 Å². The molecule has 2 heterocycles. The Bertz CT molecular complexity index is 1040. The Kier molecular flexibility index (Phi) is 3.87. The molecule has 1 saturated carbocycles. The lowest BCUT2D eigenvalue weighted by atomic mass is 10.1. The third-order valence-corrected chi connectivity index (χ3v) is 5.12. The number of nitrogens with zero attached hydrogens (tertiary/aromatic N) is 2. The van der Waals surface area contributed by atoms with Crippen LogP contribution in [0, 0.1) is 5.82 Å². The summed E-state index contributed by atoms with van der Waals surface area (Å²) in [4.78, 5) is 26.0. The lowest BCUT2D eigenvalue weighted by Crippen LogP contribution is -2.47. The fourth-order valence-corrected chi connectivity index (χ4v) is 3.78. The summed E-state index contributed by atoms with van der Waals surface area (Å²) in [5.74, 6) is -2.04. The molecule has 2 aliphatic rings. The van der Waals surface area contributed by atoms with Crippen molar-refractivity contribution in [2.75, 3.05) is 23.7 Å². The highest BCUT2D eigenvalue weighted by atomic mass is 19.1. The van der Waals surface area contributed by atoms with Gasteiger partial charge in [-0.15, -0.1) is 0 Å². The number of rotatable bonds is 3. The first-order chi connectivity index (χ1) is 12.8. The summed E-state index contributed by atoms with van der Waals surface area (Å²) in [7, 11) is 0. The van der Waals surface area contributed by atoms with Crippen molar-refractivity contribution in [1.82, 2.24) is 9.88 Å². The van der Waals surface area contributed by atoms with Gasteiger partial charge in [-0.05, 0) is 25.8 Å². The summed E-state index contributed by atoms with van der Waals surface area (Å²) in [5.41, 5.74) is 6.10. The number of nitrogen functional groups attached to an aromatic ring is 1. The van der Waals surface area contributed by atoms with Gasteiger partial charge in [0.05, 0.1) is 28.8 Å². The van der Waals surface area contributed by atoms with E-state index in [2.05, 4.69) is 11.9 Å². The molecule has 0 amide bonds. The highest BCUT2D eigenvalue weighted by Gasteiger charge is 2.30. The Morgan fingerprint density at radius 3 is 2.74 bits per heavy atom. The van der Waals surface area contributed by atoms with Crippen molar-refractivity contribution >= 4 is 28.2 Å². The number of carbonyl (C=O) groups is 1. The maximum Gasteiger partial charge on any atom is 0.341 e. The third-order valence-electron chi connectivity index (χ3n) is 5.12. The van der Waals surface area contributed by atoms with Crippen LogP contribution < -0.4 is 21.4 Å². The first kappa shape index (κ1) is 17.4. The van der Waals surface area contributed by atoms with Gasteiger partial charge in [-0.1, -0.05) is 6.58 Å². The van der Waals surface area contributed by atoms with E-state index in [4.69, 9.17) is 5.73 Å². The lowest BCUT2D eigenvalue weighted by Gasteiger charge is -2.36. The number of nitrogens with one attached hydrogen (secondary N) is 1. The first-order valence-corrected chi connectivity index (χ1v) is 8.87. The highest BCUT2D eigenvalue weighted by Crippen LogP contribution is 2.40. The van der Waals surface area contributed by atoms with Gasteiger partial charge in [-0.2, -0.15) is 0 Å². The van der Waals surface area contributed by atoms with Crippen molar-refractivity contribution in [1.29, 1.82) is 0 Å². The molecule has 2 fully saturated rings. The molecule has 1 aromatic heterocycles. The van der Waals surface area contributed by atoms with Gasteiger partial charge < -0.3 is 25.6 Å². The van der Waals surface area contributed by atoms with Gasteiger partial charge in [0.1, 0.15) is 5.56 Å². The Balaban J connectivity index is 1.99. The van der Waals surface area contributed by atoms with E-state index in [-0.39, 0.29) is 23.2 Å². The molecule has 0 bridgehead atoms. The quantitative estimate of drug-likeness (QED) is 0.713. The summed E-state index contributed by atoms with van der Waals surface area (Å²) >= 11 is 0. The van der Waals surface area contributed by atoms with E-state index in [1.807, 2.05) is 11.8 Å². The second kappa shape index (κ2) is 6.00. The average molecular weight is 372 g/mol. The lowest BCUT2D eigenvalue weighted by molar-refractivity contribution is 0.0695. The first-order valence-electron chi connectivity index (χ1n) is 8.87. The summed E-state index contributed by atoms with van der Waals surface area (Å²) in [6.45, 7) is 6.88. The fourth-order valence-electron chi connectivity index (χ4n) is 3.78. The number of fused-ring (bicyclic) bond motifs is 1. The molecule has 7 nitrogen and oxygen atoms in total. The monoisotopic (exact) mass is 372 g/mol. The van der Waals surface area contributed by atoms with E-state index >= 15 is 4.39 Å². The van der Waals surface area contributed by atoms with E-state index in [1.54, 1.807) is 10.6 Å². The van der Waals surface area contributed by atoms with E-state index in [1.165, 1.54) is 6.20 Å². The predicted octanol–water partition coefficient (Wildman–Crippen LogP) is 2.07. The number of halogens is 1. The number of piperazine rings is 1. The number of benzene rings is 1. The molecule has 27 heavy (non-hydrogen) atoms. The van der Waals surface area contributed by atoms with Gasteiger partial charge in [0.2, 0.25) is 5.43 Å². The van der Waals surface area contributed by atoms with Crippen LogP contribution in [0.5, 0.6) is 0 Å². The van der Waals surface area contributed by atoms with Gasteiger partial charge in [0.25, 0.3) is 0 Å². The molecule has 1 atom stereocenters. The van der Waals surface area contributed by atoms with Gasteiger partial charge in [0, 0.05) is 30.5 Å². The Hall–Kier alpha value is -3.03. The second-order valence-electron chi connectivity index (χ2n) is 7.36. The standard InChI is InChI=1S/C19H21FN4O3/c1-9-6-23(7-10(2)22-9)14-5-13-15(17(21)16(14)20)18(25)12(19(26)27)8-24(13)11-3-4-11/h5,8,10-11,22H,1,3-4,6-7,21H2,2H3,(H,26,27). The highest BCUT2D eigenvalue weighted by molar-refractivity contribution is 5.99. The van der Waals surface area contributed by atoms with Gasteiger partial charge in [-0.25, -0.2) is 9.18 Å². The van der Waals surface area contributed by atoms with Crippen LogP contribution in [0.15, 0.2) is 29.3 Å². The summed E-state index contributed by atoms with van der Waals surface area (Å²) in [6.07, 6.45) is 3.11. The third kappa shape index (κ3) is 2.81. The van der Waals surface area contributed by atoms with Crippen LogP contribution >= 0.6 is 0 Å². The minimum atomic E-state index is -1.34. The number of hydrogen-bond donors (Lipinski definition) is 3. The summed E-state index contributed by atoms with van der Waals surface area (Å²) < 4.78 is 16.9. The number of nitrogens with two attached hydrogens (primary N) is 1. The van der Waals surface area contributed by atoms with Crippen LogP contribution in [-0.2, 0) is 0 Å². The average Bonchev–Trinajstić information content (AvgIpc) is 3.41. The number of hydrogen-bond acceptors (Lipinski definition) is 5.